The number of hydrogen-bond donors (Lipinski definition) is 0. The maximum absolute atomic E-state index is 12.8. The molecule has 1 aromatic heterocycles. The lowest BCUT2D eigenvalue weighted by Gasteiger charge is -2.37. The van der Waals surface area contributed by atoms with Crippen LogP contribution in [0, 0.1) is 6.92 Å². The van der Waals surface area contributed by atoms with Crippen LogP contribution in [0.15, 0.2) is 6.07 Å². The number of hydrogen-bond acceptors (Lipinski definition) is 6. The van der Waals surface area contributed by atoms with E-state index in [1.165, 1.54) is 0 Å². The summed E-state index contributed by atoms with van der Waals surface area (Å²) < 4.78 is 36.5. The average molecular weight is 369 g/mol. The van der Waals surface area contributed by atoms with E-state index in [9.17, 15) is 13.2 Å². The van der Waals surface area contributed by atoms with Gasteiger partial charge in [0.05, 0.1) is 30.8 Å². The lowest BCUT2D eigenvalue weighted by atomic mass is 10.0. The summed E-state index contributed by atoms with van der Waals surface area (Å²) in [6.07, 6.45) is 1.89. The fourth-order valence-electron chi connectivity index (χ4n) is 3.93. The van der Waals surface area contributed by atoms with Gasteiger partial charge in [-0.15, -0.1) is 0 Å². The summed E-state index contributed by atoms with van der Waals surface area (Å²) in [4.78, 5) is 14.5. The summed E-state index contributed by atoms with van der Waals surface area (Å²) in [5.74, 6) is -0.335. The molecule has 1 unspecified atom stereocenters. The molecule has 9 heteroatoms. The summed E-state index contributed by atoms with van der Waals surface area (Å²) in [5.41, 5.74) is 1.20. The van der Waals surface area contributed by atoms with E-state index < -0.39 is 15.6 Å². The van der Waals surface area contributed by atoms with E-state index in [0.717, 1.165) is 5.69 Å². The lowest BCUT2D eigenvalue weighted by Crippen LogP contribution is -2.47. The van der Waals surface area contributed by atoms with Crippen molar-refractivity contribution in [1.29, 1.82) is 0 Å². The molecule has 1 atom stereocenters. The van der Waals surface area contributed by atoms with Crippen LogP contribution in [0.25, 0.3) is 0 Å². The number of sulfone groups is 1. The van der Waals surface area contributed by atoms with Crippen molar-refractivity contribution >= 4 is 15.7 Å². The Labute approximate surface area is 147 Å². The van der Waals surface area contributed by atoms with E-state index in [4.69, 9.17) is 9.47 Å². The summed E-state index contributed by atoms with van der Waals surface area (Å²) in [6, 6.07) is 1.58. The van der Waals surface area contributed by atoms with Crippen LogP contribution in [0.2, 0.25) is 0 Å². The Hall–Kier alpha value is -1.45. The highest BCUT2D eigenvalue weighted by molar-refractivity contribution is 7.91. The molecule has 1 aromatic rings. The second kappa shape index (κ2) is 6.07. The van der Waals surface area contributed by atoms with Crippen LogP contribution in [0.3, 0.4) is 0 Å². The zero-order chi connectivity index (χ0) is 17.7. The number of carbonyl (C=O) groups excluding carboxylic acids is 1. The van der Waals surface area contributed by atoms with Gasteiger partial charge in [0, 0.05) is 31.6 Å². The third-order valence-electron chi connectivity index (χ3n) is 5.32. The minimum atomic E-state index is -2.99. The zero-order valence-electron chi connectivity index (χ0n) is 14.3. The molecule has 8 nitrogen and oxygen atoms in total. The summed E-state index contributed by atoms with van der Waals surface area (Å²) in [6.45, 7) is 4.23. The van der Waals surface area contributed by atoms with Crippen LogP contribution in [0.4, 0.5) is 0 Å². The van der Waals surface area contributed by atoms with Crippen molar-refractivity contribution in [3.8, 4) is 0 Å². The fraction of sp³-hybridized carbons (Fsp3) is 0.750. The number of amides is 1. The number of likely N-dealkylation sites (tertiary alicyclic amines) is 1. The molecule has 4 rings (SSSR count). The summed E-state index contributed by atoms with van der Waals surface area (Å²) >= 11 is 0. The number of carbonyl (C=O) groups is 1. The molecule has 0 bridgehead atoms. The first-order chi connectivity index (χ1) is 11.9. The summed E-state index contributed by atoms with van der Waals surface area (Å²) in [5, 5.41) is 4.42. The van der Waals surface area contributed by atoms with Gasteiger partial charge in [0.1, 0.15) is 0 Å². The molecule has 0 aliphatic carbocycles. The topological polar surface area (TPSA) is 90.7 Å². The quantitative estimate of drug-likeness (QED) is 0.755. The second-order valence-corrected chi connectivity index (χ2v) is 9.30. The van der Waals surface area contributed by atoms with Gasteiger partial charge in [0.25, 0.3) is 5.91 Å². The van der Waals surface area contributed by atoms with Crippen molar-refractivity contribution in [2.75, 3.05) is 37.8 Å². The molecule has 1 amide bonds. The highest BCUT2D eigenvalue weighted by atomic mass is 32.2. The molecule has 0 radical (unpaired) electrons. The highest BCUT2D eigenvalue weighted by Gasteiger charge is 2.41. The number of aromatic nitrogens is 2. The Balaban J connectivity index is 1.45. The molecular formula is C16H23N3O5S. The van der Waals surface area contributed by atoms with Gasteiger partial charge < -0.3 is 14.4 Å². The lowest BCUT2D eigenvalue weighted by molar-refractivity contribution is -0.181. The second-order valence-electron chi connectivity index (χ2n) is 7.07. The average Bonchev–Trinajstić information content (AvgIpc) is 3.27. The van der Waals surface area contributed by atoms with Crippen molar-refractivity contribution in [2.45, 2.75) is 38.0 Å². The molecule has 1 spiro atoms. The monoisotopic (exact) mass is 369 g/mol. The van der Waals surface area contributed by atoms with E-state index in [-0.39, 0.29) is 23.5 Å². The maximum atomic E-state index is 12.8. The Morgan fingerprint density at radius 2 is 1.96 bits per heavy atom. The Morgan fingerprint density at radius 3 is 2.56 bits per heavy atom. The van der Waals surface area contributed by atoms with E-state index in [2.05, 4.69) is 5.10 Å². The predicted molar refractivity (Wildman–Crippen MR) is 89.0 cm³/mol. The first kappa shape index (κ1) is 17.0. The smallest absolute Gasteiger partial charge is 0.274 e. The third-order valence-corrected chi connectivity index (χ3v) is 7.07. The number of aryl methyl sites for hydroxylation is 1. The molecule has 138 valence electrons. The van der Waals surface area contributed by atoms with Crippen molar-refractivity contribution in [3.05, 3.63) is 17.5 Å². The Morgan fingerprint density at radius 1 is 1.28 bits per heavy atom. The van der Waals surface area contributed by atoms with Gasteiger partial charge in [0.2, 0.25) is 0 Å². The van der Waals surface area contributed by atoms with Crippen molar-refractivity contribution in [2.24, 2.45) is 0 Å². The Bertz CT molecular complexity index is 772. The first-order valence-electron chi connectivity index (χ1n) is 8.71. The molecule has 25 heavy (non-hydrogen) atoms. The van der Waals surface area contributed by atoms with Gasteiger partial charge in [-0.1, -0.05) is 0 Å². The van der Waals surface area contributed by atoms with Crippen LogP contribution >= 0.6 is 0 Å². The first-order valence-corrected chi connectivity index (χ1v) is 10.5. The standard InChI is InChI=1S/C16H23N3O5S/c1-12-10-14(17-19(12)13-2-9-25(21,22)11-13)15(20)18-5-3-16(4-6-18)23-7-8-24-16/h10,13H,2-9,11H2,1H3. The molecule has 0 saturated carbocycles. The van der Waals surface area contributed by atoms with E-state index in [1.807, 2.05) is 6.92 Å². The Kier molecular flexibility index (Phi) is 4.12. The fourth-order valence-corrected chi connectivity index (χ4v) is 5.62. The molecule has 3 aliphatic heterocycles. The molecule has 3 saturated heterocycles. The third kappa shape index (κ3) is 3.20. The number of nitrogens with zero attached hydrogens (tertiary/aromatic N) is 3. The predicted octanol–water partition coefficient (Wildman–Crippen LogP) is 0.530. The normalized spacial score (nSPS) is 27.9. The van der Waals surface area contributed by atoms with Crippen LogP contribution in [-0.2, 0) is 19.3 Å². The van der Waals surface area contributed by atoms with Gasteiger partial charge in [-0.05, 0) is 19.4 Å². The van der Waals surface area contributed by atoms with Gasteiger partial charge in [0.15, 0.2) is 21.3 Å². The number of rotatable bonds is 2. The zero-order valence-corrected chi connectivity index (χ0v) is 15.1. The van der Waals surface area contributed by atoms with Crippen molar-refractivity contribution < 1.29 is 22.7 Å². The van der Waals surface area contributed by atoms with Gasteiger partial charge in [-0.25, -0.2) is 8.42 Å². The van der Waals surface area contributed by atoms with Crippen LogP contribution in [-0.4, -0.2) is 72.6 Å². The van der Waals surface area contributed by atoms with Gasteiger partial charge in [-0.3, -0.25) is 9.48 Å². The van der Waals surface area contributed by atoms with Gasteiger partial charge >= 0.3 is 0 Å². The van der Waals surface area contributed by atoms with Crippen molar-refractivity contribution in [1.82, 2.24) is 14.7 Å². The van der Waals surface area contributed by atoms with E-state index in [1.54, 1.807) is 15.6 Å². The molecule has 4 heterocycles. The van der Waals surface area contributed by atoms with E-state index in [0.29, 0.717) is 51.3 Å². The van der Waals surface area contributed by atoms with E-state index >= 15 is 0 Å². The van der Waals surface area contributed by atoms with Gasteiger partial charge in [-0.2, -0.15) is 5.10 Å². The highest BCUT2D eigenvalue weighted by Crippen LogP contribution is 2.32. The van der Waals surface area contributed by atoms with Crippen LogP contribution in [0.5, 0.6) is 0 Å². The maximum Gasteiger partial charge on any atom is 0.274 e. The SMILES string of the molecule is Cc1cc(C(=O)N2CCC3(CC2)OCCO3)nn1C1CCS(=O)(=O)C1. The van der Waals surface area contributed by atoms with Crippen LogP contribution < -0.4 is 0 Å². The molecule has 3 aliphatic rings. The summed E-state index contributed by atoms with van der Waals surface area (Å²) in [7, 11) is -2.99. The largest absolute Gasteiger partial charge is 0.347 e. The minimum absolute atomic E-state index is 0.101. The molecule has 0 N–H and O–H groups in total. The molecule has 0 aromatic carbocycles. The molecule has 3 fully saturated rings. The number of piperidine rings is 1. The minimum Gasteiger partial charge on any atom is -0.347 e. The number of ether oxygens (including phenoxy) is 2. The van der Waals surface area contributed by atoms with Crippen LogP contribution in [0.1, 0.15) is 41.5 Å². The molecular weight excluding hydrogens is 346 g/mol. The van der Waals surface area contributed by atoms with Crippen molar-refractivity contribution in [3.63, 3.8) is 0 Å².